The lowest BCUT2D eigenvalue weighted by Crippen LogP contribution is -2.43. The van der Waals surface area contributed by atoms with Crippen molar-refractivity contribution < 1.29 is 4.74 Å². The van der Waals surface area contributed by atoms with Crippen molar-refractivity contribution in [1.29, 1.82) is 0 Å². The fraction of sp³-hybridized carbons (Fsp3) is 0.667. The van der Waals surface area contributed by atoms with Gasteiger partial charge in [-0.25, -0.2) is 0 Å². The quantitative estimate of drug-likeness (QED) is 0.900. The standard InChI is InChI=1S/C18H28N2O.ClH/c1-18(9-10-19-14-18)15-20-11-7-17(8-12-20)21-13-16-5-3-2-4-6-16;/h2-6,17,19H,7-15H2,1H3;1H. The van der Waals surface area contributed by atoms with Crippen LogP contribution in [-0.2, 0) is 11.3 Å². The molecule has 1 atom stereocenters. The van der Waals surface area contributed by atoms with Gasteiger partial charge < -0.3 is 15.0 Å². The highest BCUT2D eigenvalue weighted by Crippen LogP contribution is 2.27. The number of nitrogens with one attached hydrogen (secondary N) is 1. The van der Waals surface area contributed by atoms with Gasteiger partial charge in [0.25, 0.3) is 0 Å². The Morgan fingerprint density at radius 1 is 1.23 bits per heavy atom. The Morgan fingerprint density at radius 3 is 2.59 bits per heavy atom. The summed E-state index contributed by atoms with van der Waals surface area (Å²) in [7, 11) is 0. The third-order valence-electron chi connectivity index (χ3n) is 4.93. The highest BCUT2D eigenvalue weighted by atomic mass is 35.5. The van der Waals surface area contributed by atoms with Crippen molar-refractivity contribution >= 4 is 12.4 Å². The zero-order valence-corrected chi connectivity index (χ0v) is 14.4. The molecule has 0 saturated carbocycles. The molecule has 2 fully saturated rings. The van der Waals surface area contributed by atoms with Gasteiger partial charge in [0.2, 0.25) is 0 Å². The van der Waals surface area contributed by atoms with Crippen molar-refractivity contribution in [3.63, 3.8) is 0 Å². The van der Waals surface area contributed by atoms with Crippen molar-refractivity contribution in [2.45, 2.75) is 38.9 Å². The Kier molecular flexibility index (Phi) is 6.69. The van der Waals surface area contributed by atoms with Gasteiger partial charge >= 0.3 is 0 Å². The molecular formula is C18H29ClN2O. The Balaban J connectivity index is 0.00000176. The molecule has 2 aliphatic rings. The molecule has 1 N–H and O–H groups in total. The SMILES string of the molecule is CC1(CN2CCC(OCc3ccccc3)CC2)CCNC1.Cl. The summed E-state index contributed by atoms with van der Waals surface area (Å²) in [5, 5.41) is 3.50. The number of nitrogens with zero attached hydrogens (tertiary/aromatic N) is 1. The van der Waals surface area contributed by atoms with Crippen LogP contribution in [0.2, 0.25) is 0 Å². The second kappa shape index (κ2) is 8.30. The average molecular weight is 325 g/mol. The predicted molar refractivity (Wildman–Crippen MR) is 93.5 cm³/mol. The maximum absolute atomic E-state index is 6.07. The predicted octanol–water partition coefficient (Wildman–Crippen LogP) is 3.09. The summed E-state index contributed by atoms with van der Waals surface area (Å²) >= 11 is 0. The Morgan fingerprint density at radius 2 is 1.95 bits per heavy atom. The molecule has 2 heterocycles. The second-order valence-corrected chi connectivity index (χ2v) is 7.01. The number of hydrogen-bond acceptors (Lipinski definition) is 3. The van der Waals surface area contributed by atoms with Crippen molar-refractivity contribution in [3.8, 4) is 0 Å². The van der Waals surface area contributed by atoms with E-state index in [4.69, 9.17) is 4.74 Å². The summed E-state index contributed by atoms with van der Waals surface area (Å²) in [6.45, 7) is 9.16. The first kappa shape index (κ1) is 17.7. The molecule has 1 aromatic carbocycles. The third-order valence-corrected chi connectivity index (χ3v) is 4.93. The largest absolute Gasteiger partial charge is 0.373 e. The minimum absolute atomic E-state index is 0. The van der Waals surface area contributed by atoms with Gasteiger partial charge in [-0.3, -0.25) is 0 Å². The first-order valence-electron chi connectivity index (χ1n) is 8.32. The number of rotatable bonds is 5. The molecule has 0 amide bonds. The molecule has 4 heteroatoms. The van der Waals surface area contributed by atoms with Gasteiger partial charge in [0.1, 0.15) is 0 Å². The summed E-state index contributed by atoms with van der Waals surface area (Å²) in [5.74, 6) is 0. The number of ether oxygens (including phenoxy) is 1. The summed E-state index contributed by atoms with van der Waals surface area (Å²) < 4.78 is 6.07. The molecule has 0 spiro atoms. The van der Waals surface area contributed by atoms with Gasteiger partial charge in [-0.2, -0.15) is 0 Å². The summed E-state index contributed by atoms with van der Waals surface area (Å²) in [6.07, 6.45) is 4.11. The zero-order chi connectivity index (χ0) is 14.5. The highest BCUT2D eigenvalue weighted by Gasteiger charge is 2.32. The van der Waals surface area contributed by atoms with Crippen LogP contribution in [-0.4, -0.2) is 43.7 Å². The van der Waals surface area contributed by atoms with E-state index in [2.05, 4.69) is 47.5 Å². The third kappa shape index (κ3) is 4.95. The molecule has 3 nitrogen and oxygen atoms in total. The Bertz CT molecular complexity index is 426. The molecule has 0 bridgehead atoms. The average Bonchev–Trinajstić information content (AvgIpc) is 2.94. The molecule has 124 valence electrons. The number of likely N-dealkylation sites (tertiary alicyclic amines) is 1. The number of piperidine rings is 1. The van der Waals surface area contributed by atoms with Crippen LogP contribution < -0.4 is 5.32 Å². The van der Waals surface area contributed by atoms with Crippen LogP contribution >= 0.6 is 12.4 Å². The number of halogens is 1. The minimum atomic E-state index is 0. The molecule has 2 saturated heterocycles. The summed E-state index contributed by atoms with van der Waals surface area (Å²) in [6, 6.07) is 10.5. The van der Waals surface area contributed by atoms with Gasteiger partial charge in [-0.1, -0.05) is 37.3 Å². The maximum Gasteiger partial charge on any atom is 0.0720 e. The van der Waals surface area contributed by atoms with Crippen LogP contribution in [0.25, 0.3) is 0 Å². The first-order valence-corrected chi connectivity index (χ1v) is 8.32. The van der Waals surface area contributed by atoms with E-state index in [1.165, 1.54) is 57.5 Å². The maximum atomic E-state index is 6.07. The van der Waals surface area contributed by atoms with Crippen molar-refractivity contribution in [1.82, 2.24) is 10.2 Å². The molecule has 3 rings (SSSR count). The van der Waals surface area contributed by atoms with Gasteiger partial charge in [-0.05, 0) is 36.8 Å². The first-order chi connectivity index (χ1) is 10.2. The van der Waals surface area contributed by atoms with Crippen LogP contribution in [0.4, 0.5) is 0 Å². The zero-order valence-electron chi connectivity index (χ0n) is 13.6. The molecule has 1 aromatic rings. The van der Waals surface area contributed by atoms with Crippen molar-refractivity contribution in [2.24, 2.45) is 5.41 Å². The lowest BCUT2D eigenvalue weighted by molar-refractivity contribution is -0.00856. The van der Waals surface area contributed by atoms with Gasteiger partial charge in [0.15, 0.2) is 0 Å². The van der Waals surface area contributed by atoms with E-state index in [1.54, 1.807) is 0 Å². The highest BCUT2D eigenvalue weighted by molar-refractivity contribution is 5.85. The monoisotopic (exact) mass is 324 g/mol. The number of hydrogen-bond donors (Lipinski definition) is 1. The topological polar surface area (TPSA) is 24.5 Å². The summed E-state index contributed by atoms with van der Waals surface area (Å²) in [4.78, 5) is 2.63. The lowest BCUT2D eigenvalue weighted by atomic mass is 9.88. The van der Waals surface area contributed by atoms with Crippen LogP contribution in [0, 0.1) is 5.41 Å². The lowest BCUT2D eigenvalue weighted by Gasteiger charge is -2.37. The normalized spacial score (nSPS) is 26.8. The fourth-order valence-electron chi connectivity index (χ4n) is 3.57. The van der Waals surface area contributed by atoms with E-state index in [0.717, 1.165) is 6.61 Å². The Hall–Kier alpha value is -0.610. The van der Waals surface area contributed by atoms with Gasteiger partial charge in [0, 0.05) is 26.2 Å². The molecule has 22 heavy (non-hydrogen) atoms. The van der Waals surface area contributed by atoms with E-state index in [-0.39, 0.29) is 12.4 Å². The number of benzene rings is 1. The van der Waals surface area contributed by atoms with Gasteiger partial charge in [-0.15, -0.1) is 12.4 Å². The van der Waals surface area contributed by atoms with Crippen molar-refractivity contribution in [2.75, 3.05) is 32.7 Å². The molecule has 1 unspecified atom stereocenters. The van der Waals surface area contributed by atoms with Crippen LogP contribution in [0.15, 0.2) is 30.3 Å². The fourth-order valence-corrected chi connectivity index (χ4v) is 3.57. The van der Waals surface area contributed by atoms with E-state index in [9.17, 15) is 0 Å². The summed E-state index contributed by atoms with van der Waals surface area (Å²) in [5.41, 5.74) is 1.77. The van der Waals surface area contributed by atoms with Crippen LogP contribution in [0.1, 0.15) is 31.7 Å². The van der Waals surface area contributed by atoms with E-state index in [1.807, 2.05) is 0 Å². The molecule has 0 radical (unpaired) electrons. The van der Waals surface area contributed by atoms with E-state index >= 15 is 0 Å². The molecular weight excluding hydrogens is 296 g/mol. The van der Waals surface area contributed by atoms with E-state index in [0.29, 0.717) is 11.5 Å². The second-order valence-electron chi connectivity index (χ2n) is 7.01. The smallest absolute Gasteiger partial charge is 0.0720 e. The molecule has 2 aliphatic heterocycles. The van der Waals surface area contributed by atoms with Gasteiger partial charge in [0.05, 0.1) is 12.7 Å². The Labute approximate surface area is 140 Å². The molecule has 0 aromatic heterocycles. The minimum Gasteiger partial charge on any atom is -0.373 e. The van der Waals surface area contributed by atoms with Crippen LogP contribution in [0.5, 0.6) is 0 Å². The van der Waals surface area contributed by atoms with E-state index < -0.39 is 0 Å². The van der Waals surface area contributed by atoms with Crippen LogP contribution in [0.3, 0.4) is 0 Å². The van der Waals surface area contributed by atoms with Crippen molar-refractivity contribution in [3.05, 3.63) is 35.9 Å². The molecule has 0 aliphatic carbocycles.